The fourth-order valence-corrected chi connectivity index (χ4v) is 2.40. The highest BCUT2D eigenvalue weighted by Gasteiger charge is 2.13. The molecule has 6 heteroatoms. The first kappa shape index (κ1) is 12.4. The standard InChI is InChI=1S/C13H9BrClN3O/c1-19-11-6-9(15)3-4-10(11)13-17-16-12-5-2-8(14)7-18(12)13/h2-7H,1H3. The molecule has 0 fully saturated rings. The highest BCUT2D eigenvalue weighted by molar-refractivity contribution is 9.10. The minimum Gasteiger partial charge on any atom is -0.496 e. The summed E-state index contributed by atoms with van der Waals surface area (Å²) in [7, 11) is 1.61. The second-order valence-electron chi connectivity index (χ2n) is 3.94. The maximum Gasteiger partial charge on any atom is 0.172 e. The SMILES string of the molecule is COc1cc(Cl)ccc1-c1nnc2ccc(Br)cn12. The molecule has 0 atom stereocenters. The Balaban J connectivity index is 2.27. The summed E-state index contributed by atoms with van der Waals surface area (Å²) >= 11 is 9.41. The lowest BCUT2D eigenvalue weighted by Gasteiger charge is -2.07. The van der Waals surface area contributed by atoms with Gasteiger partial charge in [0, 0.05) is 15.7 Å². The van der Waals surface area contributed by atoms with E-state index < -0.39 is 0 Å². The van der Waals surface area contributed by atoms with Gasteiger partial charge >= 0.3 is 0 Å². The molecule has 96 valence electrons. The van der Waals surface area contributed by atoms with E-state index in [9.17, 15) is 0 Å². The fraction of sp³-hybridized carbons (Fsp3) is 0.0769. The summed E-state index contributed by atoms with van der Waals surface area (Å²) in [4.78, 5) is 0. The van der Waals surface area contributed by atoms with Crippen molar-refractivity contribution in [3.63, 3.8) is 0 Å². The molecule has 3 aromatic rings. The molecule has 1 aromatic carbocycles. The van der Waals surface area contributed by atoms with Gasteiger partial charge in [-0.05, 0) is 46.3 Å². The third-order valence-electron chi connectivity index (χ3n) is 2.77. The predicted molar refractivity (Wildman–Crippen MR) is 77.7 cm³/mol. The topological polar surface area (TPSA) is 39.4 Å². The molecule has 3 rings (SSSR count). The fourth-order valence-electron chi connectivity index (χ4n) is 1.90. The Hall–Kier alpha value is -1.59. The van der Waals surface area contributed by atoms with Gasteiger partial charge in [0.1, 0.15) is 5.75 Å². The van der Waals surface area contributed by atoms with Crippen LogP contribution in [0.3, 0.4) is 0 Å². The normalized spacial score (nSPS) is 10.9. The average molecular weight is 339 g/mol. The van der Waals surface area contributed by atoms with Gasteiger partial charge in [-0.3, -0.25) is 4.40 Å². The predicted octanol–water partition coefficient (Wildman–Crippen LogP) is 3.82. The lowest BCUT2D eigenvalue weighted by Crippen LogP contribution is -1.93. The highest BCUT2D eigenvalue weighted by Crippen LogP contribution is 2.31. The van der Waals surface area contributed by atoms with Crippen LogP contribution in [-0.2, 0) is 0 Å². The number of halogens is 2. The molecule has 0 aliphatic rings. The molecular weight excluding hydrogens is 330 g/mol. The van der Waals surface area contributed by atoms with Crippen LogP contribution in [0, 0.1) is 0 Å². The second kappa shape index (κ2) is 4.83. The van der Waals surface area contributed by atoms with Crippen LogP contribution in [0.5, 0.6) is 5.75 Å². The Bertz CT molecular complexity index is 757. The lowest BCUT2D eigenvalue weighted by atomic mass is 10.2. The largest absolute Gasteiger partial charge is 0.496 e. The van der Waals surface area contributed by atoms with Crippen molar-refractivity contribution < 1.29 is 4.74 Å². The summed E-state index contributed by atoms with van der Waals surface area (Å²) in [5, 5.41) is 8.97. The van der Waals surface area contributed by atoms with Crippen LogP contribution in [0.25, 0.3) is 17.0 Å². The second-order valence-corrected chi connectivity index (χ2v) is 5.30. The van der Waals surface area contributed by atoms with Crippen molar-refractivity contribution in [3.8, 4) is 17.1 Å². The Labute approximate surface area is 123 Å². The smallest absolute Gasteiger partial charge is 0.172 e. The zero-order valence-electron chi connectivity index (χ0n) is 9.97. The number of hydrogen-bond donors (Lipinski definition) is 0. The maximum atomic E-state index is 5.97. The Morgan fingerprint density at radius 2 is 2.05 bits per heavy atom. The molecule has 0 unspecified atom stereocenters. The quantitative estimate of drug-likeness (QED) is 0.713. The van der Waals surface area contributed by atoms with E-state index in [2.05, 4.69) is 26.1 Å². The number of ether oxygens (including phenoxy) is 1. The van der Waals surface area contributed by atoms with Crippen molar-refractivity contribution in [2.24, 2.45) is 0 Å². The molecule has 0 spiro atoms. The number of rotatable bonds is 2. The molecular formula is C13H9BrClN3O. The van der Waals surface area contributed by atoms with Gasteiger partial charge in [0.15, 0.2) is 11.5 Å². The molecule has 0 aliphatic heterocycles. The monoisotopic (exact) mass is 337 g/mol. The Morgan fingerprint density at radius 3 is 2.84 bits per heavy atom. The first-order valence-corrected chi connectivity index (χ1v) is 6.70. The minimum absolute atomic E-state index is 0.621. The minimum atomic E-state index is 0.621. The molecule has 2 aromatic heterocycles. The van der Waals surface area contributed by atoms with E-state index in [4.69, 9.17) is 16.3 Å². The Kier molecular flexibility index (Phi) is 3.16. The van der Waals surface area contributed by atoms with Crippen LogP contribution >= 0.6 is 27.5 Å². The van der Waals surface area contributed by atoms with Crippen LogP contribution in [0.1, 0.15) is 0 Å². The number of pyridine rings is 1. The van der Waals surface area contributed by atoms with Gasteiger partial charge in [0.2, 0.25) is 0 Å². The van der Waals surface area contributed by atoms with Gasteiger partial charge in [-0.25, -0.2) is 0 Å². The van der Waals surface area contributed by atoms with E-state index >= 15 is 0 Å². The van der Waals surface area contributed by atoms with E-state index in [0.717, 1.165) is 15.7 Å². The molecule has 19 heavy (non-hydrogen) atoms. The highest BCUT2D eigenvalue weighted by atomic mass is 79.9. The van der Waals surface area contributed by atoms with E-state index in [-0.39, 0.29) is 0 Å². The number of methoxy groups -OCH3 is 1. The zero-order valence-corrected chi connectivity index (χ0v) is 12.3. The molecule has 0 aliphatic carbocycles. The number of hydrogen-bond acceptors (Lipinski definition) is 3. The number of benzene rings is 1. The Morgan fingerprint density at radius 1 is 1.21 bits per heavy atom. The first-order valence-electron chi connectivity index (χ1n) is 5.53. The molecule has 4 nitrogen and oxygen atoms in total. The third-order valence-corrected chi connectivity index (χ3v) is 3.47. The molecule has 0 saturated heterocycles. The van der Waals surface area contributed by atoms with Crippen molar-refractivity contribution in [1.82, 2.24) is 14.6 Å². The van der Waals surface area contributed by atoms with Crippen LogP contribution in [0.2, 0.25) is 5.02 Å². The molecule has 0 bridgehead atoms. The van der Waals surface area contributed by atoms with Crippen LogP contribution in [-0.4, -0.2) is 21.7 Å². The van der Waals surface area contributed by atoms with Gasteiger partial charge in [-0.2, -0.15) is 0 Å². The van der Waals surface area contributed by atoms with Gasteiger partial charge < -0.3 is 4.74 Å². The molecule has 0 N–H and O–H groups in total. The van der Waals surface area contributed by atoms with Gasteiger partial charge in [0.25, 0.3) is 0 Å². The van der Waals surface area contributed by atoms with E-state index in [1.807, 2.05) is 28.8 Å². The third kappa shape index (κ3) is 2.19. The van der Waals surface area contributed by atoms with E-state index in [0.29, 0.717) is 16.6 Å². The maximum absolute atomic E-state index is 5.97. The summed E-state index contributed by atoms with van der Waals surface area (Å²) in [6, 6.07) is 9.25. The number of fused-ring (bicyclic) bond motifs is 1. The van der Waals surface area contributed by atoms with Gasteiger partial charge in [-0.1, -0.05) is 11.6 Å². The average Bonchev–Trinajstić information content (AvgIpc) is 2.81. The summed E-state index contributed by atoms with van der Waals surface area (Å²) in [6.07, 6.45) is 1.92. The van der Waals surface area contributed by atoms with E-state index in [1.165, 1.54) is 0 Å². The van der Waals surface area contributed by atoms with Crippen molar-refractivity contribution in [1.29, 1.82) is 0 Å². The molecule has 0 radical (unpaired) electrons. The number of aromatic nitrogens is 3. The molecule has 2 heterocycles. The zero-order chi connectivity index (χ0) is 13.4. The first-order chi connectivity index (χ1) is 9.19. The van der Waals surface area contributed by atoms with Crippen LogP contribution in [0.15, 0.2) is 41.0 Å². The van der Waals surface area contributed by atoms with Crippen molar-refractivity contribution >= 4 is 33.2 Å². The summed E-state index contributed by atoms with van der Waals surface area (Å²) in [5.74, 6) is 1.38. The van der Waals surface area contributed by atoms with Crippen LogP contribution < -0.4 is 4.74 Å². The molecule has 0 amide bonds. The van der Waals surface area contributed by atoms with E-state index in [1.54, 1.807) is 19.2 Å². The van der Waals surface area contributed by atoms with Crippen molar-refractivity contribution in [2.75, 3.05) is 7.11 Å². The van der Waals surface area contributed by atoms with Crippen LogP contribution in [0.4, 0.5) is 0 Å². The summed E-state index contributed by atoms with van der Waals surface area (Å²) in [6.45, 7) is 0. The summed E-state index contributed by atoms with van der Waals surface area (Å²) < 4.78 is 8.20. The van der Waals surface area contributed by atoms with Crippen molar-refractivity contribution in [3.05, 3.63) is 46.0 Å². The molecule has 0 saturated carbocycles. The van der Waals surface area contributed by atoms with Crippen molar-refractivity contribution in [2.45, 2.75) is 0 Å². The van der Waals surface area contributed by atoms with Gasteiger partial charge in [-0.15, -0.1) is 10.2 Å². The van der Waals surface area contributed by atoms with Gasteiger partial charge in [0.05, 0.1) is 12.7 Å². The number of nitrogens with zero attached hydrogens (tertiary/aromatic N) is 3. The lowest BCUT2D eigenvalue weighted by molar-refractivity contribution is 0.416. The summed E-state index contributed by atoms with van der Waals surface area (Å²) in [5.41, 5.74) is 1.62.